The van der Waals surface area contributed by atoms with Crippen LogP contribution >= 0.6 is 0 Å². The molecule has 6 heteroatoms. The third kappa shape index (κ3) is 4.09. The fraction of sp³-hybridized carbons (Fsp3) is 0.231. The number of para-hydroxylation sites is 3. The number of nitrogens with one attached hydrogen (secondary N) is 2. The third-order valence-electron chi connectivity index (χ3n) is 6.15. The second kappa shape index (κ2) is 8.85. The van der Waals surface area contributed by atoms with Gasteiger partial charge in [0.1, 0.15) is 0 Å². The van der Waals surface area contributed by atoms with Crippen molar-refractivity contribution < 1.29 is 9.59 Å². The molecule has 1 fully saturated rings. The summed E-state index contributed by atoms with van der Waals surface area (Å²) in [7, 11) is 0. The molecule has 32 heavy (non-hydrogen) atoms. The average Bonchev–Trinajstić information content (AvgIpc) is 2.95. The molecule has 3 amide bonds. The van der Waals surface area contributed by atoms with Crippen LogP contribution in [0.25, 0.3) is 0 Å². The van der Waals surface area contributed by atoms with E-state index in [2.05, 4.69) is 39.8 Å². The molecule has 6 nitrogen and oxygen atoms in total. The first kappa shape index (κ1) is 20.3. The largest absolute Gasteiger partial charge is 0.335 e. The number of benzene rings is 3. The highest BCUT2D eigenvalue weighted by Crippen LogP contribution is 2.37. The summed E-state index contributed by atoms with van der Waals surface area (Å²) >= 11 is 0. The van der Waals surface area contributed by atoms with E-state index in [1.54, 1.807) is 11.0 Å². The van der Waals surface area contributed by atoms with Crippen LogP contribution in [-0.4, -0.2) is 36.0 Å². The Morgan fingerprint density at radius 2 is 1.53 bits per heavy atom. The minimum atomic E-state index is -0.211. The summed E-state index contributed by atoms with van der Waals surface area (Å²) in [4.78, 5) is 30.3. The Bertz CT molecular complexity index is 1120. The Kier molecular flexibility index (Phi) is 5.60. The molecule has 2 N–H and O–H groups in total. The van der Waals surface area contributed by atoms with Crippen molar-refractivity contribution in [2.24, 2.45) is 0 Å². The molecule has 5 rings (SSSR count). The second-order valence-electron chi connectivity index (χ2n) is 8.31. The maximum absolute atomic E-state index is 13.5. The Hall–Kier alpha value is -3.64. The van der Waals surface area contributed by atoms with Crippen LogP contribution < -0.4 is 15.5 Å². The average molecular weight is 427 g/mol. The highest BCUT2D eigenvalue weighted by Gasteiger charge is 2.31. The van der Waals surface area contributed by atoms with E-state index < -0.39 is 0 Å². The van der Waals surface area contributed by atoms with Crippen molar-refractivity contribution in [2.45, 2.75) is 25.4 Å². The van der Waals surface area contributed by atoms with Crippen molar-refractivity contribution in [1.82, 2.24) is 10.2 Å². The van der Waals surface area contributed by atoms with Crippen molar-refractivity contribution in [3.05, 3.63) is 90.0 Å². The van der Waals surface area contributed by atoms with Gasteiger partial charge in [0.15, 0.2) is 0 Å². The molecule has 0 saturated carbocycles. The highest BCUT2D eigenvalue weighted by atomic mass is 16.2. The normalized spacial score (nSPS) is 16.5. The van der Waals surface area contributed by atoms with E-state index in [0.717, 1.165) is 32.5 Å². The summed E-state index contributed by atoms with van der Waals surface area (Å²) in [6.45, 7) is 2.81. The Labute approximate surface area is 187 Å². The van der Waals surface area contributed by atoms with Gasteiger partial charge in [-0.25, -0.2) is 4.79 Å². The lowest BCUT2D eigenvalue weighted by Gasteiger charge is -2.34. The van der Waals surface area contributed by atoms with Gasteiger partial charge in [-0.2, -0.15) is 0 Å². The number of amides is 3. The van der Waals surface area contributed by atoms with Crippen LogP contribution in [-0.2, 0) is 6.54 Å². The summed E-state index contributed by atoms with van der Waals surface area (Å²) in [6, 6.07) is 25.0. The van der Waals surface area contributed by atoms with Crippen LogP contribution in [0, 0.1) is 0 Å². The molecule has 0 aromatic heterocycles. The molecule has 0 bridgehead atoms. The zero-order valence-corrected chi connectivity index (χ0v) is 17.8. The first-order valence-electron chi connectivity index (χ1n) is 11.1. The maximum atomic E-state index is 13.5. The molecule has 0 aliphatic carbocycles. The van der Waals surface area contributed by atoms with Crippen LogP contribution in [0.1, 0.15) is 28.8 Å². The smallest absolute Gasteiger partial charge is 0.326 e. The van der Waals surface area contributed by atoms with Crippen molar-refractivity contribution in [2.75, 3.05) is 23.3 Å². The highest BCUT2D eigenvalue weighted by molar-refractivity contribution is 6.17. The van der Waals surface area contributed by atoms with Gasteiger partial charge in [0.25, 0.3) is 5.91 Å². The van der Waals surface area contributed by atoms with Crippen LogP contribution in [0.5, 0.6) is 0 Å². The molecule has 0 radical (unpaired) electrons. The number of fused-ring (bicyclic) bond motifs is 2. The zero-order chi connectivity index (χ0) is 21.9. The van der Waals surface area contributed by atoms with E-state index in [0.29, 0.717) is 22.6 Å². The van der Waals surface area contributed by atoms with Gasteiger partial charge in [0, 0.05) is 25.7 Å². The van der Waals surface area contributed by atoms with Crippen LogP contribution in [0.2, 0.25) is 0 Å². The third-order valence-corrected chi connectivity index (χ3v) is 6.15. The molecule has 162 valence electrons. The van der Waals surface area contributed by atoms with Crippen LogP contribution in [0.3, 0.4) is 0 Å². The standard InChI is InChI=1S/C26H26N4O2/c31-25-21-10-4-6-12-23(21)30(24-13-7-5-11-22(24)28-25)26(32)27-20-14-16-29(17-15-20)18-19-8-2-1-3-9-19/h1-13,20H,14-18H2,(H,27,32)(H,28,31). The van der Waals surface area contributed by atoms with Gasteiger partial charge in [-0.05, 0) is 42.7 Å². The fourth-order valence-electron chi connectivity index (χ4n) is 4.49. The summed E-state index contributed by atoms with van der Waals surface area (Å²) in [5, 5.41) is 6.15. The minimum absolute atomic E-state index is 0.0979. The number of hydrogen-bond acceptors (Lipinski definition) is 3. The van der Waals surface area contributed by atoms with Gasteiger partial charge in [-0.15, -0.1) is 0 Å². The van der Waals surface area contributed by atoms with Crippen LogP contribution in [0.4, 0.5) is 21.9 Å². The molecular formula is C26H26N4O2. The van der Waals surface area contributed by atoms with Gasteiger partial charge < -0.3 is 10.6 Å². The van der Waals surface area contributed by atoms with Gasteiger partial charge in [0.2, 0.25) is 0 Å². The van der Waals surface area contributed by atoms with E-state index in [4.69, 9.17) is 0 Å². The molecule has 0 unspecified atom stereocenters. The minimum Gasteiger partial charge on any atom is -0.335 e. The summed E-state index contributed by atoms with van der Waals surface area (Å²) in [5.74, 6) is -0.211. The number of rotatable bonds is 3. The summed E-state index contributed by atoms with van der Waals surface area (Å²) < 4.78 is 0. The van der Waals surface area contributed by atoms with Crippen molar-refractivity contribution >= 4 is 29.0 Å². The topological polar surface area (TPSA) is 64.7 Å². The van der Waals surface area contributed by atoms with Gasteiger partial charge in [0.05, 0.1) is 22.6 Å². The lowest BCUT2D eigenvalue weighted by molar-refractivity contribution is 0.102. The molecule has 2 aliphatic rings. The van der Waals surface area contributed by atoms with E-state index in [1.807, 2.05) is 48.5 Å². The van der Waals surface area contributed by atoms with E-state index in [1.165, 1.54) is 5.56 Å². The van der Waals surface area contributed by atoms with Crippen molar-refractivity contribution in [3.63, 3.8) is 0 Å². The molecule has 0 atom stereocenters. The molecule has 1 saturated heterocycles. The zero-order valence-electron chi connectivity index (χ0n) is 17.8. The predicted molar refractivity (Wildman–Crippen MR) is 126 cm³/mol. The molecule has 3 aromatic rings. The Morgan fingerprint density at radius 3 is 2.31 bits per heavy atom. The quantitative estimate of drug-likeness (QED) is 0.634. The number of likely N-dealkylation sites (tertiary alicyclic amines) is 1. The molecule has 2 heterocycles. The summed E-state index contributed by atoms with van der Waals surface area (Å²) in [6.07, 6.45) is 1.79. The lowest BCUT2D eigenvalue weighted by Crippen LogP contribution is -2.48. The number of hydrogen-bond donors (Lipinski definition) is 2. The second-order valence-corrected chi connectivity index (χ2v) is 8.31. The summed E-state index contributed by atoms with van der Waals surface area (Å²) in [5.41, 5.74) is 3.68. The van der Waals surface area contributed by atoms with Crippen LogP contribution in [0.15, 0.2) is 78.9 Å². The molecule has 3 aromatic carbocycles. The van der Waals surface area contributed by atoms with Crippen molar-refractivity contribution in [1.29, 1.82) is 0 Å². The monoisotopic (exact) mass is 426 g/mol. The van der Waals surface area contributed by atoms with Gasteiger partial charge in [-0.3, -0.25) is 14.6 Å². The van der Waals surface area contributed by atoms with E-state index in [9.17, 15) is 9.59 Å². The number of carbonyl (C=O) groups excluding carboxylic acids is 2. The Morgan fingerprint density at radius 1 is 0.875 bits per heavy atom. The first-order valence-corrected chi connectivity index (χ1v) is 11.1. The predicted octanol–water partition coefficient (Wildman–Crippen LogP) is 4.76. The molecule has 2 aliphatic heterocycles. The number of urea groups is 1. The van der Waals surface area contributed by atoms with Crippen molar-refractivity contribution in [3.8, 4) is 0 Å². The molecular weight excluding hydrogens is 400 g/mol. The first-order chi connectivity index (χ1) is 15.7. The molecule has 0 spiro atoms. The fourth-order valence-corrected chi connectivity index (χ4v) is 4.49. The van der Waals surface area contributed by atoms with Gasteiger partial charge in [-0.1, -0.05) is 54.6 Å². The number of anilines is 3. The maximum Gasteiger partial charge on any atom is 0.326 e. The number of nitrogens with zero attached hydrogens (tertiary/aromatic N) is 2. The number of piperidine rings is 1. The van der Waals surface area contributed by atoms with E-state index >= 15 is 0 Å². The van der Waals surface area contributed by atoms with E-state index in [-0.39, 0.29) is 18.0 Å². The van der Waals surface area contributed by atoms with Gasteiger partial charge >= 0.3 is 6.03 Å². The number of carbonyl (C=O) groups is 2. The lowest BCUT2D eigenvalue weighted by atomic mass is 10.0. The SMILES string of the molecule is O=C1Nc2ccccc2N(C(=O)NC2CCN(Cc3ccccc3)CC2)c2ccccc21. The Balaban J connectivity index is 1.32.